The van der Waals surface area contributed by atoms with Crippen LogP contribution in [0.15, 0.2) is 47.4 Å². The summed E-state index contributed by atoms with van der Waals surface area (Å²) in [7, 11) is -2.59. The van der Waals surface area contributed by atoms with Crippen molar-refractivity contribution in [3.63, 3.8) is 0 Å². The normalized spacial score (nSPS) is 13.0. The highest BCUT2D eigenvalue weighted by molar-refractivity contribution is 7.92. The molecule has 35 heavy (non-hydrogen) atoms. The molecule has 0 saturated heterocycles. The molecule has 1 amide bonds. The molecule has 0 aliphatic carbocycles. The van der Waals surface area contributed by atoms with Crippen LogP contribution in [0.25, 0.3) is 0 Å². The number of rotatable bonds is 7. The molecule has 0 radical (unpaired) electrons. The highest BCUT2D eigenvalue weighted by Crippen LogP contribution is 2.25. The number of benzene rings is 2. The minimum absolute atomic E-state index is 0.0909. The number of nitrogens with one attached hydrogen (secondary N) is 2. The van der Waals surface area contributed by atoms with E-state index in [0.29, 0.717) is 11.3 Å². The Balaban J connectivity index is 2.26. The molecule has 0 unspecified atom stereocenters. The number of sulfonamides is 1. The molecule has 0 bridgehead atoms. The van der Waals surface area contributed by atoms with Crippen molar-refractivity contribution in [2.45, 2.75) is 76.8 Å². The van der Waals surface area contributed by atoms with Crippen molar-refractivity contribution in [1.82, 2.24) is 5.32 Å². The Morgan fingerprint density at radius 1 is 0.971 bits per heavy atom. The number of alkyl carbamates (subject to hydrolysis) is 1. The van der Waals surface area contributed by atoms with Gasteiger partial charge in [0.05, 0.1) is 12.0 Å². The van der Waals surface area contributed by atoms with Crippen LogP contribution in [0.1, 0.15) is 58.2 Å². The van der Waals surface area contributed by atoms with E-state index in [1.54, 1.807) is 63.2 Å². The van der Waals surface area contributed by atoms with Gasteiger partial charge in [0.2, 0.25) is 0 Å². The van der Waals surface area contributed by atoms with E-state index in [9.17, 15) is 18.0 Å². The molecule has 2 N–H and O–H groups in total. The number of carbonyl (C=O) groups excluding carboxylic acids is 2. The van der Waals surface area contributed by atoms with E-state index in [0.717, 1.165) is 11.1 Å². The summed E-state index contributed by atoms with van der Waals surface area (Å²) in [6, 6.07) is 10.8. The third-order valence-electron chi connectivity index (χ3n) is 5.23. The zero-order valence-corrected chi connectivity index (χ0v) is 22.5. The first-order valence-corrected chi connectivity index (χ1v) is 12.8. The topological polar surface area (TPSA) is 111 Å². The first-order valence-electron chi connectivity index (χ1n) is 11.3. The van der Waals surface area contributed by atoms with Crippen LogP contribution in [0.4, 0.5) is 10.5 Å². The van der Waals surface area contributed by atoms with Crippen molar-refractivity contribution in [2.24, 2.45) is 0 Å². The second kappa shape index (κ2) is 10.7. The van der Waals surface area contributed by atoms with E-state index in [1.165, 1.54) is 7.11 Å². The third kappa shape index (κ3) is 8.28. The second-order valence-electron chi connectivity index (χ2n) is 10.4. The quantitative estimate of drug-likeness (QED) is 0.529. The summed E-state index contributed by atoms with van der Waals surface area (Å²) in [6.45, 7) is 13.2. The summed E-state index contributed by atoms with van der Waals surface area (Å²) in [5.41, 5.74) is 2.03. The maximum absolute atomic E-state index is 13.0. The van der Waals surface area contributed by atoms with Crippen LogP contribution >= 0.6 is 0 Å². The largest absolute Gasteiger partial charge is 0.467 e. The van der Waals surface area contributed by atoms with Crippen molar-refractivity contribution in [2.75, 3.05) is 11.8 Å². The fourth-order valence-corrected chi connectivity index (χ4v) is 4.36. The van der Waals surface area contributed by atoms with Gasteiger partial charge in [-0.25, -0.2) is 18.0 Å². The summed E-state index contributed by atoms with van der Waals surface area (Å²) in [5, 5.41) is 2.54. The number of esters is 1. The molecule has 0 aliphatic rings. The summed E-state index contributed by atoms with van der Waals surface area (Å²) < 4.78 is 38.6. The van der Waals surface area contributed by atoms with E-state index >= 15 is 0 Å². The van der Waals surface area contributed by atoms with Crippen LogP contribution in [-0.2, 0) is 36.1 Å². The minimum Gasteiger partial charge on any atom is -0.467 e. The molecule has 9 heteroatoms. The Morgan fingerprint density at radius 3 is 2.09 bits per heavy atom. The molecule has 0 fully saturated rings. The smallest absolute Gasteiger partial charge is 0.408 e. The van der Waals surface area contributed by atoms with Crippen LogP contribution in [0.2, 0.25) is 0 Å². The molecule has 0 aliphatic heterocycles. The molecular formula is C26H36N2O6S. The monoisotopic (exact) mass is 504 g/mol. The zero-order chi connectivity index (χ0) is 26.6. The standard InChI is InChI=1S/C26H36N2O6S/c1-17-9-12-20(28-35(31,32)21-13-10-19(11-14-21)25(2,3)4)15-18(17)16-22(23(29)33-8)27-24(30)34-26(5,6)7/h9-15,22,28H,16H2,1-8H3,(H,27,30)/t22-/m0/s1. The molecule has 0 heterocycles. The molecule has 8 nitrogen and oxygen atoms in total. The summed E-state index contributed by atoms with van der Waals surface area (Å²) in [5.74, 6) is -0.639. The average molecular weight is 505 g/mol. The molecule has 0 saturated carbocycles. The average Bonchev–Trinajstić information content (AvgIpc) is 2.73. The Morgan fingerprint density at radius 2 is 1.57 bits per heavy atom. The number of anilines is 1. The van der Waals surface area contributed by atoms with Crippen LogP contribution in [-0.4, -0.2) is 39.2 Å². The second-order valence-corrected chi connectivity index (χ2v) is 12.1. The van der Waals surface area contributed by atoms with Crippen LogP contribution < -0.4 is 10.0 Å². The van der Waals surface area contributed by atoms with E-state index in [4.69, 9.17) is 9.47 Å². The molecular weight excluding hydrogens is 468 g/mol. The van der Waals surface area contributed by atoms with Crippen molar-refractivity contribution < 1.29 is 27.5 Å². The summed E-state index contributed by atoms with van der Waals surface area (Å²) in [6.07, 6.45) is -0.658. The fourth-order valence-electron chi connectivity index (χ4n) is 3.31. The van der Waals surface area contributed by atoms with Gasteiger partial charge in [0.15, 0.2) is 0 Å². The lowest BCUT2D eigenvalue weighted by atomic mass is 9.87. The lowest BCUT2D eigenvalue weighted by Crippen LogP contribution is -2.45. The highest BCUT2D eigenvalue weighted by atomic mass is 32.2. The predicted molar refractivity (Wildman–Crippen MR) is 136 cm³/mol. The van der Waals surface area contributed by atoms with E-state index < -0.39 is 33.7 Å². The van der Waals surface area contributed by atoms with E-state index in [2.05, 4.69) is 30.8 Å². The van der Waals surface area contributed by atoms with E-state index in [1.807, 2.05) is 6.92 Å². The predicted octanol–water partition coefficient (Wildman–Crippen LogP) is 4.70. The molecule has 0 aromatic heterocycles. The number of ether oxygens (including phenoxy) is 2. The summed E-state index contributed by atoms with van der Waals surface area (Å²) >= 11 is 0. The lowest BCUT2D eigenvalue weighted by Gasteiger charge is -2.23. The van der Waals surface area contributed by atoms with Gasteiger partial charge < -0.3 is 14.8 Å². The van der Waals surface area contributed by atoms with Gasteiger partial charge in [0.25, 0.3) is 10.0 Å². The molecule has 0 spiro atoms. The number of aryl methyl sites for hydroxylation is 1. The number of hydrogen-bond donors (Lipinski definition) is 2. The van der Waals surface area contributed by atoms with Crippen molar-refractivity contribution in [1.29, 1.82) is 0 Å². The van der Waals surface area contributed by atoms with Crippen molar-refractivity contribution in [3.05, 3.63) is 59.2 Å². The van der Waals surface area contributed by atoms with Crippen LogP contribution in [0.5, 0.6) is 0 Å². The van der Waals surface area contributed by atoms with Gasteiger partial charge >= 0.3 is 12.1 Å². The number of amides is 1. The zero-order valence-electron chi connectivity index (χ0n) is 21.7. The SMILES string of the molecule is COC(=O)[C@H](Cc1cc(NS(=O)(=O)c2ccc(C(C)(C)C)cc2)ccc1C)NC(=O)OC(C)(C)C. The van der Waals surface area contributed by atoms with Crippen molar-refractivity contribution in [3.8, 4) is 0 Å². The minimum atomic E-state index is -3.83. The van der Waals surface area contributed by atoms with Crippen LogP contribution in [0.3, 0.4) is 0 Å². The highest BCUT2D eigenvalue weighted by Gasteiger charge is 2.26. The molecule has 2 aromatic carbocycles. The maximum Gasteiger partial charge on any atom is 0.408 e. The molecule has 2 aromatic rings. The first kappa shape index (κ1) is 28.2. The van der Waals surface area contributed by atoms with Crippen LogP contribution in [0, 0.1) is 6.92 Å². The first-order chi connectivity index (χ1) is 16.0. The van der Waals surface area contributed by atoms with Gasteiger partial charge in [-0.2, -0.15) is 0 Å². The Hall–Kier alpha value is -3.07. The number of methoxy groups -OCH3 is 1. The van der Waals surface area contributed by atoms with Crippen molar-refractivity contribution >= 4 is 27.8 Å². The number of hydrogen-bond acceptors (Lipinski definition) is 6. The van der Waals surface area contributed by atoms with Gasteiger partial charge in [-0.05, 0) is 74.1 Å². The Labute approximate surface area is 208 Å². The van der Waals surface area contributed by atoms with Gasteiger partial charge in [-0.3, -0.25) is 4.72 Å². The Kier molecular flexibility index (Phi) is 8.60. The molecule has 192 valence electrons. The van der Waals surface area contributed by atoms with E-state index in [-0.39, 0.29) is 16.7 Å². The van der Waals surface area contributed by atoms with Gasteiger partial charge in [0.1, 0.15) is 11.6 Å². The van der Waals surface area contributed by atoms with Gasteiger partial charge in [0, 0.05) is 12.1 Å². The maximum atomic E-state index is 13.0. The molecule has 2 rings (SSSR count). The Bertz CT molecular complexity index is 1160. The van der Waals surface area contributed by atoms with Gasteiger partial charge in [-0.15, -0.1) is 0 Å². The summed E-state index contributed by atoms with van der Waals surface area (Å²) in [4.78, 5) is 24.7. The number of carbonyl (C=O) groups is 2. The van der Waals surface area contributed by atoms with Gasteiger partial charge in [-0.1, -0.05) is 39.0 Å². The molecule has 1 atom stereocenters. The third-order valence-corrected chi connectivity index (χ3v) is 6.63. The lowest BCUT2D eigenvalue weighted by molar-refractivity contribution is -0.143. The fraction of sp³-hybridized carbons (Fsp3) is 0.462.